The molecule has 2 spiro atoms. The summed E-state index contributed by atoms with van der Waals surface area (Å²) in [5, 5.41) is 7.49. The maximum Gasteiger partial charge on any atom is 0.257 e. The highest BCUT2D eigenvalue weighted by molar-refractivity contribution is 6.00. The van der Waals surface area contributed by atoms with Crippen LogP contribution in [0.25, 0.3) is 5.65 Å². The zero-order chi connectivity index (χ0) is 19.8. The molecular formula is C21H21FN6O. The second kappa shape index (κ2) is 5.52. The van der Waals surface area contributed by atoms with E-state index in [1.165, 1.54) is 6.20 Å². The maximum atomic E-state index is 14.2. The maximum absolute atomic E-state index is 14.2. The van der Waals surface area contributed by atoms with Crippen LogP contribution in [0, 0.1) is 5.82 Å². The van der Waals surface area contributed by atoms with Crippen LogP contribution in [-0.4, -0.2) is 38.1 Å². The molecule has 8 heteroatoms. The third-order valence-corrected chi connectivity index (χ3v) is 6.82. The van der Waals surface area contributed by atoms with Gasteiger partial charge in [0, 0.05) is 30.0 Å². The largest absolute Gasteiger partial charge is 0.350 e. The Morgan fingerprint density at radius 3 is 2.76 bits per heavy atom. The van der Waals surface area contributed by atoms with Crippen LogP contribution < -0.4 is 10.2 Å². The van der Waals surface area contributed by atoms with Crippen LogP contribution in [0.1, 0.15) is 53.7 Å². The number of nitrogens with one attached hydrogen (secondary N) is 1. The van der Waals surface area contributed by atoms with Crippen molar-refractivity contribution in [2.24, 2.45) is 0 Å². The number of carbonyl (C=O) groups excluding carboxylic acids is 1. The molecule has 1 N–H and O–H groups in total. The molecule has 2 aliphatic carbocycles. The molecule has 3 aliphatic rings. The molecule has 0 unspecified atom stereocenters. The number of hydrogen-bond acceptors (Lipinski definition) is 5. The number of nitrogens with zero attached hydrogens (tertiary/aromatic N) is 5. The number of halogens is 1. The Bertz CT molecular complexity index is 1160. The summed E-state index contributed by atoms with van der Waals surface area (Å²) in [5.74, 6) is 0.279. The van der Waals surface area contributed by atoms with Crippen LogP contribution >= 0.6 is 0 Å². The fourth-order valence-electron chi connectivity index (χ4n) is 4.65. The standard InChI is InChI=1S/C21H21FN6O/c1-27-17-3-9-28-18(25-17)14(12-24-28)19(29)26-20(5-6-20)4-2-16-15(21(27)7-8-21)10-13(22)11-23-16/h3,9-12H,2,4-8H2,1H3,(H,26,29). The van der Waals surface area contributed by atoms with Gasteiger partial charge in [0.25, 0.3) is 5.91 Å². The SMILES string of the molecule is CN1c2ccn3ncc(c3n2)C(=O)NC2(CCc3ncc(F)cc3C13CC3)CC2. The molecule has 2 bridgehead atoms. The normalized spacial score (nSPS) is 21.4. The molecule has 1 amide bonds. The van der Waals surface area contributed by atoms with E-state index in [4.69, 9.17) is 4.98 Å². The van der Waals surface area contributed by atoms with Crippen LogP contribution in [-0.2, 0) is 12.0 Å². The van der Waals surface area contributed by atoms with E-state index in [1.54, 1.807) is 16.8 Å². The Hall–Kier alpha value is -3.03. The van der Waals surface area contributed by atoms with Gasteiger partial charge in [-0.25, -0.2) is 13.9 Å². The third kappa shape index (κ3) is 2.47. The summed E-state index contributed by atoms with van der Waals surface area (Å²) in [5.41, 5.74) is 2.36. The minimum atomic E-state index is -0.316. The summed E-state index contributed by atoms with van der Waals surface area (Å²) in [4.78, 5) is 24.3. The van der Waals surface area contributed by atoms with Crippen molar-refractivity contribution < 1.29 is 9.18 Å². The summed E-state index contributed by atoms with van der Waals surface area (Å²) in [6.45, 7) is 0. The Balaban J connectivity index is 1.55. The van der Waals surface area contributed by atoms with E-state index in [1.807, 2.05) is 19.3 Å². The van der Waals surface area contributed by atoms with Gasteiger partial charge in [-0.2, -0.15) is 5.10 Å². The molecule has 1 aliphatic heterocycles. The minimum absolute atomic E-state index is 0.141. The average Bonchev–Trinajstić information content (AvgIpc) is 3.63. The molecular weight excluding hydrogens is 371 g/mol. The van der Waals surface area contributed by atoms with Gasteiger partial charge in [0.15, 0.2) is 5.65 Å². The van der Waals surface area contributed by atoms with Crippen LogP contribution in [0.2, 0.25) is 0 Å². The molecule has 0 radical (unpaired) electrons. The molecule has 3 aromatic rings. The van der Waals surface area contributed by atoms with Crippen LogP contribution in [0.3, 0.4) is 0 Å². The number of carbonyl (C=O) groups is 1. The molecule has 2 fully saturated rings. The fraction of sp³-hybridized carbons (Fsp3) is 0.429. The Kier molecular flexibility index (Phi) is 3.21. The van der Waals surface area contributed by atoms with Crippen molar-refractivity contribution in [3.8, 4) is 0 Å². The van der Waals surface area contributed by atoms with Gasteiger partial charge in [-0.3, -0.25) is 9.78 Å². The number of rotatable bonds is 0. The lowest BCUT2D eigenvalue weighted by Crippen LogP contribution is -2.37. The van der Waals surface area contributed by atoms with Crippen LogP contribution in [0.15, 0.2) is 30.7 Å². The van der Waals surface area contributed by atoms with E-state index < -0.39 is 0 Å². The van der Waals surface area contributed by atoms with Gasteiger partial charge in [0.2, 0.25) is 0 Å². The highest BCUT2D eigenvalue weighted by atomic mass is 19.1. The molecule has 3 aromatic heterocycles. The number of anilines is 1. The predicted molar refractivity (Wildman–Crippen MR) is 104 cm³/mol. The van der Waals surface area contributed by atoms with Crippen molar-refractivity contribution in [1.82, 2.24) is 24.9 Å². The van der Waals surface area contributed by atoms with Crippen molar-refractivity contribution in [2.45, 2.75) is 49.6 Å². The molecule has 6 rings (SSSR count). The highest BCUT2D eigenvalue weighted by Crippen LogP contribution is 2.53. The molecule has 0 saturated heterocycles. The summed E-state index contributed by atoms with van der Waals surface area (Å²) in [6.07, 6.45) is 9.92. The van der Waals surface area contributed by atoms with E-state index in [-0.39, 0.29) is 22.8 Å². The lowest BCUT2D eigenvalue weighted by molar-refractivity contribution is 0.0930. The monoisotopic (exact) mass is 392 g/mol. The highest BCUT2D eigenvalue weighted by Gasteiger charge is 2.51. The number of amides is 1. The fourth-order valence-corrected chi connectivity index (χ4v) is 4.65. The topological polar surface area (TPSA) is 75.4 Å². The molecule has 0 atom stereocenters. The quantitative estimate of drug-likeness (QED) is 0.637. The lowest BCUT2D eigenvalue weighted by Gasteiger charge is -2.31. The van der Waals surface area contributed by atoms with Crippen molar-refractivity contribution in [3.05, 3.63) is 53.4 Å². The summed E-state index contributed by atoms with van der Waals surface area (Å²) < 4.78 is 15.8. The Morgan fingerprint density at radius 1 is 1.17 bits per heavy atom. The molecule has 2 saturated carbocycles. The second-order valence-corrected chi connectivity index (χ2v) is 8.59. The predicted octanol–water partition coefficient (Wildman–Crippen LogP) is 2.60. The van der Waals surface area contributed by atoms with Gasteiger partial charge in [0.1, 0.15) is 17.2 Å². The summed E-state index contributed by atoms with van der Waals surface area (Å²) in [7, 11) is 1.98. The summed E-state index contributed by atoms with van der Waals surface area (Å²) in [6, 6.07) is 3.52. The smallest absolute Gasteiger partial charge is 0.257 e. The molecule has 4 heterocycles. The number of fused-ring (bicyclic) bond motifs is 3. The number of hydrogen-bond donors (Lipinski definition) is 1. The van der Waals surface area contributed by atoms with Crippen molar-refractivity contribution >= 4 is 17.4 Å². The Morgan fingerprint density at radius 2 is 2.00 bits per heavy atom. The van der Waals surface area contributed by atoms with Gasteiger partial charge in [-0.1, -0.05) is 0 Å². The molecule has 29 heavy (non-hydrogen) atoms. The van der Waals surface area contributed by atoms with E-state index in [0.29, 0.717) is 17.6 Å². The van der Waals surface area contributed by atoms with Crippen molar-refractivity contribution in [1.29, 1.82) is 0 Å². The number of aryl methyl sites for hydroxylation is 1. The second-order valence-electron chi connectivity index (χ2n) is 8.59. The van der Waals surface area contributed by atoms with Gasteiger partial charge in [-0.15, -0.1) is 0 Å². The minimum Gasteiger partial charge on any atom is -0.350 e. The van der Waals surface area contributed by atoms with Gasteiger partial charge < -0.3 is 10.2 Å². The van der Waals surface area contributed by atoms with Gasteiger partial charge in [-0.05, 0) is 50.7 Å². The average molecular weight is 392 g/mol. The number of aromatic nitrogens is 4. The summed E-state index contributed by atoms with van der Waals surface area (Å²) >= 11 is 0. The number of pyridine rings is 1. The zero-order valence-electron chi connectivity index (χ0n) is 16.2. The first kappa shape index (κ1) is 16.9. The first-order valence-electron chi connectivity index (χ1n) is 10.1. The van der Waals surface area contributed by atoms with Crippen molar-refractivity contribution in [3.63, 3.8) is 0 Å². The first-order valence-corrected chi connectivity index (χ1v) is 10.1. The van der Waals surface area contributed by atoms with Crippen LogP contribution in [0.5, 0.6) is 0 Å². The van der Waals surface area contributed by atoms with E-state index in [2.05, 4.69) is 20.3 Å². The zero-order valence-corrected chi connectivity index (χ0v) is 16.2. The van der Waals surface area contributed by atoms with Gasteiger partial charge >= 0.3 is 0 Å². The molecule has 0 aromatic carbocycles. The Labute approximate surface area is 167 Å². The molecule has 148 valence electrons. The molecule has 7 nitrogen and oxygen atoms in total. The van der Waals surface area contributed by atoms with E-state index >= 15 is 0 Å². The van der Waals surface area contributed by atoms with Crippen molar-refractivity contribution in [2.75, 3.05) is 11.9 Å². The van der Waals surface area contributed by atoms with Gasteiger partial charge in [0.05, 0.1) is 17.9 Å². The van der Waals surface area contributed by atoms with E-state index in [9.17, 15) is 9.18 Å². The van der Waals surface area contributed by atoms with Crippen LogP contribution in [0.4, 0.5) is 10.2 Å². The van der Waals surface area contributed by atoms with E-state index in [0.717, 1.165) is 49.2 Å². The lowest BCUT2D eigenvalue weighted by atomic mass is 9.96. The third-order valence-electron chi connectivity index (χ3n) is 6.82. The first-order chi connectivity index (χ1) is 14.0.